The molecule has 15 heavy (non-hydrogen) atoms. The fourth-order valence-corrected chi connectivity index (χ4v) is 1.46. The first-order valence-electron chi connectivity index (χ1n) is 4.52. The highest BCUT2D eigenvalue weighted by atomic mass is 16.5. The summed E-state index contributed by atoms with van der Waals surface area (Å²) in [5.41, 5.74) is 1.46. The molecule has 1 amide bonds. The van der Waals surface area contributed by atoms with Gasteiger partial charge in [0.2, 0.25) is 0 Å². The lowest BCUT2D eigenvalue weighted by atomic mass is 10.2. The molecular weight excluding hydrogens is 194 g/mol. The van der Waals surface area contributed by atoms with Crippen LogP contribution in [0.4, 0.5) is 10.5 Å². The Morgan fingerprint density at radius 2 is 2.13 bits per heavy atom. The number of carbonyl (C=O) groups is 1. The van der Waals surface area contributed by atoms with Crippen molar-refractivity contribution >= 4 is 22.7 Å². The van der Waals surface area contributed by atoms with Gasteiger partial charge in [0.05, 0.1) is 12.8 Å². The Balaban J connectivity index is 2.48. The van der Waals surface area contributed by atoms with E-state index >= 15 is 0 Å². The molecule has 0 bridgehead atoms. The molecule has 0 N–H and O–H groups in total. The van der Waals surface area contributed by atoms with Crippen molar-refractivity contribution < 1.29 is 13.9 Å². The molecule has 2 rings (SSSR count). The van der Waals surface area contributed by atoms with Gasteiger partial charge in [0, 0.05) is 12.4 Å². The van der Waals surface area contributed by atoms with Gasteiger partial charge in [-0.15, -0.1) is 0 Å². The van der Waals surface area contributed by atoms with Crippen LogP contribution >= 0.6 is 0 Å². The van der Waals surface area contributed by atoms with Crippen molar-refractivity contribution in [1.82, 2.24) is 0 Å². The number of nitrogens with zero attached hydrogens (tertiary/aromatic N) is 1. The maximum Gasteiger partial charge on any atom is 0.413 e. The van der Waals surface area contributed by atoms with Crippen LogP contribution in [-0.4, -0.2) is 20.3 Å². The Bertz CT molecular complexity index is 489. The topological polar surface area (TPSA) is 42.7 Å². The minimum atomic E-state index is -0.415. The lowest BCUT2D eigenvalue weighted by molar-refractivity contribution is 0.180. The minimum Gasteiger partial charge on any atom is -0.462 e. The van der Waals surface area contributed by atoms with Gasteiger partial charge in [-0.1, -0.05) is 12.1 Å². The standard InChI is InChI=1S/C11H11NO3/c1-12(11(13)14-2)9-7-15-10-6-4-3-5-8(9)10/h3-7H,1-2H3. The molecule has 0 saturated heterocycles. The van der Waals surface area contributed by atoms with Crippen molar-refractivity contribution in [2.45, 2.75) is 0 Å². The van der Waals surface area contributed by atoms with Crippen molar-refractivity contribution in [2.75, 3.05) is 19.1 Å². The molecule has 1 heterocycles. The second kappa shape index (κ2) is 3.65. The summed E-state index contributed by atoms with van der Waals surface area (Å²) in [6.45, 7) is 0. The van der Waals surface area contributed by atoms with E-state index in [9.17, 15) is 4.79 Å². The van der Waals surface area contributed by atoms with E-state index in [2.05, 4.69) is 4.74 Å². The number of ether oxygens (including phenoxy) is 1. The third-order valence-corrected chi connectivity index (χ3v) is 2.27. The Morgan fingerprint density at radius 3 is 2.87 bits per heavy atom. The van der Waals surface area contributed by atoms with Gasteiger partial charge in [0.15, 0.2) is 0 Å². The third-order valence-electron chi connectivity index (χ3n) is 2.27. The summed E-state index contributed by atoms with van der Waals surface area (Å²) in [5, 5.41) is 0.894. The molecule has 78 valence electrons. The average molecular weight is 205 g/mol. The maximum atomic E-state index is 11.3. The molecule has 4 heteroatoms. The summed E-state index contributed by atoms with van der Waals surface area (Å²) in [6.07, 6.45) is 1.13. The van der Waals surface area contributed by atoms with Crippen LogP contribution in [0, 0.1) is 0 Å². The van der Waals surface area contributed by atoms with Crippen molar-refractivity contribution in [3.05, 3.63) is 30.5 Å². The average Bonchev–Trinajstić information content (AvgIpc) is 2.70. The SMILES string of the molecule is COC(=O)N(C)c1coc2ccccc12. The molecule has 0 radical (unpaired) electrons. The zero-order chi connectivity index (χ0) is 10.8. The number of hydrogen-bond acceptors (Lipinski definition) is 3. The molecule has 0 atom stereocenters. The zero-order valence-corrected chi connectivity index (χ0v) is 8.56. The van der Waals surface area contributed by atoms with Gasteiger partial charge >= 0.3 is 6.09 Å². The van der Waals surface area contributed by atoms with Crippen LogP contribution < -0.4 is 4.90 Å². The molecule has 0 spiro atoms. The van der Waals surface area contributed by atoms with E-state index < -0.39 is 6.09 Å². The van der Waals surface area contributed by atoms with Crippen LogP contribution in [0.15, 0.2) is 34.9 Å². The van der Waals surface area contributed by atoms with E-state index in [-0.39, 0.29) is 0 Å². The van der Waals surface area contributed by atoms with Gasteiger partial charge in [-0.3, -0.25) is 4.90 Å². The molecule has 0 unspecified atom stereocenters. The fraction of sp³-hybridized carbons (Fsp3) is 0.182. The number of anilines is 1. The van der Waals surface area contributed by atoms with Gasteiger partial charge in [-0.2, -0.15) is 0 Å². The van der Waals surface area contributed by atoms with Gasteiger partial charge < -0.3 is 9.15 Å². The van der Waals surface area contributed by atoms with E-state index in [4.69, 9.17) is 4.42 Å². The summed E-state index contributed by atoms with van der Waals surface area (Å²) < 4.78 is 9.95. The van der Waals surface area contributed by atoms with Gasteiger partial charge in [0.1, 0.15) is 11.8 Å². The highest BCUT2D eigenvalue weighted by Crippen LogP contribution is 2.28. The Hall–Kier alpha value is -1.97. The van der Waals surface area contributed by atoms with Crippen LogP contribution in [-0.2, 0) is 4.74 Å². The molecule has 0 fully saturated rings. The number of para-hydroxylation sites is 1. The van der Waals surface area contributed by atoms with Crippen LogP contribution in [0.5, 0.6) is 0 Å². The number of hydrogen-bond donors (Lipinski definition) is 0. The molecule has 0 aliphatic heterocycles. The molecule has 1 aromatic carbocycles. The second-order valence-electron chi connectivity index (χ2n) is 3.15. The normalized spacial score (nSPS) is 10.3. The number of amides is 1. The first kappa shape index (κ1) is 9.58. The van der Waals surface area contributed by atoms with E-state index in [1.807, 2.05) is 24.3 Å². The Labute approximate surface area is 87.0 Å². The predicted molar refractivity (Wildman–Crippen MR) is 57.0 cm³/mol. The van der Waals surface area contributed by atoms with E-state index in [1.54, 1.807) is 13.3 Å². The Morgan fingerprint density at radius 1 is 1.40 bits per heavy atom. The van der Waals surface area contributed by atoms with Crippen molar-refractivity contribution in [1.29, 1.82) is 0 Å². The largest absolute Gasteiger partial charge is 0.462 e. The smallest absolute Gasteiger partial charge is 0.413 e. The van der Waals surface area contributed by atoms with Crippen LogP contribution in [0.2, 0.25) is 0 Å². The van der Waals surface area contributed by atoms with Gasteiger partial charge in [-0.05, 0) is 12.1 Å². The number of carbonyl (C=O) groups excluding carboxylic acids is 1. The van der Waals surface area contributed by atoms with Crippen LogP contribution in [0.1, 0.15) is 0 Å². The number of methoxy groups -OCH3 is 1. The monoisotopic (exact) mass is 205 g/mol. The molecule has 2 aromatic rings. The van der Waals surface area contributed by atoms with E-state index in [1.165, 1.54) is 12.0 Å². The molecule has 0 aliphatic rings. The molecule has 1 aromatic heterocycles. The summed E-state index contributed by atoms with van der Waals surface area (Å²) in [7, 11) is 2.99. The fourth-order valence-electron chi connectivity index (χ4n) is 1.46. The predicted octanol–water partition coefficient (Wildman–Crippen LogP) is 2.64. The Kier molecular flexibility index (Phi) is 2.33. The molecule has 4 nitrogen and oxygen atoms in total. The number of furan rings is 1. The molecule has 0 saturated carbocycles. The van der Waals surface area contributed by atoms with Crippen LogP contribution in [0.25, 0.3) is 11.0 Å². The number of rotatable bonds is 1. The van der Waals surface area contributed by atoms with E-state index in [0.717, 1.165) is 11.0 Å². The van der Waals surface area contributed by atoms with Crippen molar-refractivity contribution in [3.63, 3.8) is 0 Å². The number of fused-ring (bicyclic) bond motifs is 1. The minimum absolute atomic E-state index is 0.415. The summed E-state index contributed by atoms with van der Waals surface area (Å²) in [6, 6.07) is 7.53. The third kappa shape index (κ3) is 1.54. The first-order valence-corrected chi connectivity index (χ1v) is 4.52. The first-order chi connectivity index (χ1) is 7.24. The summed E-state index contributed by atoms with van der Waals surface area (Å²) in [4.78, 5) is 12.7. The molecule has 0 aliphatic carbocycles. The highest BCUT2D eigenvalue weighted by Gasteiger charge is 2.15. The summed E-state index contributed by atoms with van der Waals surface area (Å²) in [5.74, 6) is 0. The number of benzene rings is 1. The second-order valence-corrected chi connectivity index (χ2v) is 3.15. The highest BCUT2D eigenvalue weighted by molar-refractivity contribution is 5.99. The van der Waals surface area contributed by atoms with Crippen molar-refractivity contribution in [3.8, 4) is 0 Å². The van der Waals surface area contributed by atoms with Gasteiger partial charge in [0.25, 0.3) is 0 Å². The summed E-state index contributed by atoms with van der Waals surface area (Å²) >= 11 is 0. The quantitative estimate of drug-likeness (QED) is 0.718. The van der Waals surface area contributed by atoms with Gasteiger partial charge in [-0.25, -0.2) is 4.79 Å². The zero-order valence-electron chi connectivity index (χ0n) is 8.56. The van der Waals surface area contributed by atoms with E-state index in [0.29, 0.717) is 5.69 Å². The lowest BCUT2D eigenvalue weighted by Gasteiger charge is -2.13. The van der Waals surface area contributed by atoms with Crippen molar-refractivity contribution in [2.24, 2.45) is 0 Å². The van der Waals surface area contributed by atoms with Crippen LogP contribution in [0.3, 0.4) is 0 Å². The maximum absolute atomic E-state index is 11.3. The molecular formula is C11H11NO3. The lowest BCUT2D eigenvalue weighted by Crippen LogP contribution is -2.25.